The maximum Gasteiger partial charge on any atom is 0.115 e. The van der Waals surface area contributed by atoms with E-state index in [1.54, 1.807) is 7.11 Å². The fourth-order valence-corrected chi connectivity index (χ4v) is 4.95. The molecule has 1 atom stereocenters. The zero-order valence-corrected chi connectivity index (χ0v) is 14.1. The van der Waals surface area contributed by atoms with Crippen LogP contribution in [-0.2, 0) is 23.1 Å². The minimum atomic E-state index is 0.0353. The molecule has 4 nitrogen and oxygen atoms in total. The minimum absolute atomic E-state index is 0.0353. The number of methoxy groups -OCH3 is 1. The third-order valence-electron chi connectivity index (χ3n) is 4.71. The number of piperidine rings is 1. The lowest BCUT2D eigenvalue weighted by atomic mass is 9.89. The van der Waals surface area contributed by atoms with Crippen LogP contribution in [0.15, 0.2) is 0 Å². The second kappa shape index (κ2) is 6.73. The highest BCUT2D eigenvalue weighted by Gasteiger charge is 2.39. The molecule has 1 N–H and O–H groups in total. The monoisotopic (exact) mass is 309 g/mol. The maximum atomic E-state index is 5.23. The van der Waals surface area contributed by atoms with Gasteiger partial charge >= 0.3 is 0 Å². The summed E-state index contributed by atoms with van der Waals surface area (Å²) in [5.41, 5.74) is 1.41. The molecule has 0 bridgehead atoms. The van der Waals surface area contributed by atoms with E-state index in [4.69, 9.17) is 9.72 Å². The van der Waals surface area contributed by atoms with Gasteiger partial charge in [0.25, 0.3) is 0 Å². The highest BCUT2D eigenvalue weighted by Crippen LogP contribution is 2.37. The molecule has 1 aliphatic heterocycles. The van der Waals surface area contributed by atoms with E-state index in [-0.39, 0.29) is 5.54 Å². The molecule has 21 heavy (non-hydrogen) atoms. The predicted molar refractivity (Wildman–Crippen MR) is 87.0 cm³/mol. The van der Waals surface area contributed by atoms with Crippen LogP contribution < -0.4 is 5.32 Å². The Labute approximate surface area is 131 Å². The lowest BCUT2D eigenvalue weighted by Crippen LogP contribution is -2.54. The highest BCUT2D eigenvalue weighted by atomic mass is 32.1. The lowest BCUT2D eigenvalue weighted by Gasteiger charge is -2.41. The van der Waals surface area contributed by atoms with E-state index >= 15 is 0 Å². The number of aryl methyl sites for hydroxylation is 2. The van der Waals surface area contributed by atoms with Crippen LogP contribution in [-0.4, -0.2) is 50.3 Å². The number of ether oxygens (including phenoxy) is 1. The first-order valence-corrected chi connectivity index (χ1v) is 8.97. The second-order valence-electron chi connectivity index (χ2n) is 6.44. The van der Waals surface area contributed by atoms with Crippen molar-refractivity contribution in [3.63, 3.8) is 0 Å². The first kappa shape index (κ1) is 15.4. The van der Waals surface area contributed by atoms with Crippen LogP contribution in [0.1, 0.15) is 41.3 Å². The highest BCUT2D eigenvalue weighted by molar-refractivity contribution is 7.11. The molecule has 118 valence electrons. The van der Waals surface area contributed by atoms with Crippen LogP contribution in [0.3, 0.4) is 0 Å². The van der Waals surface area contributed by atoms with E-state index in [0.29, 0.717) is 0 Å². The van der Waals surface area contributed by atoms with Crippen molar-refractivity contribution in [2.24, 2.45) is 0 Å². The summed E-state index contributed by atoms with van der Waals surface area (Å²) in [6.07, 6.45) is 7.47. The Hall–Kier alpha value is -0.490. The van der Waals surface area contributed by atoms with E-state index < -0.39 is 0 Å². The average molecular weight is 309 g/mol. The topological polar surface area (TPSA) is 37.4 Å². The number of hydrogen-bond donors (Lipinski definition) is 1. The molecule has 0 spiro atoms. The number of nitrogens with one attached hydrogen (secondary N) is 1. The first-order valence-electron chi connectivity index (χ1n) is 8.15. The Morgan fingerprint density at radius 1 is 1.33 bits per heavy atom. The normalized spacial score (nSPS) is 26.8. The van der Waals surface area contributed by atoms with E-state index in [0.717, 1.165) is 19.7 Å². The second-order valence-corrected chi connectivity index (χ2v) is 7.52. The predicted octanol–water partition coefficient (Wildman–Crippen LogP) is 2.18. The third kappa shape index (κ3) is 3.31. The Morgan fingerprint density at radius 3 is 2.95 bits per heavy atom. The van der Waals surface area contributed by atoms with Gasteiger partial charge < -0.3 is 15.0 Å². The van der Waals surface area contributed by atoms with Crippen molar-refractivity contribution in [1.82, 2.24) is 15.2 Å². The summed E-state index contributed by atoms with van der Waals surface area (Å²) in [6, 6.07) is 0. The maximum absolute atomic E-state index is 5.23. The zero-order chi connectivity index (χ0) is 14.7. The van der Waals surface area contributed by atoms with Crippen LogP contribution in [0.4, 0.5) is 0 Å². The van der Waals surface area contributed by atoms with Gasteiger partial charge in [0.05, 0.1) is 17.8 Å². The standard InChI is InChI=1S/C16H27N3OS/c1-19-10-5-8-16(12-19,17-9-11-20-2)15-18-13-6-3-4-7-14(13)21-15/h17H,3-12H2,1-2H3. The van der Waals surface area contributed by atoms with Gasteiger partial charge in [-0.2, -0.15) is 0 Å². The Morgan fingerprint density at radius 2 is 2.19 bits per heavy atom. The summed E-state index contributed by atoms with van der Waals surface area (Å²) in [4.78, 5) is 9.02. The molecule has 0 aromatic carbocycles. The molecule has 2 heterocycles. The van der Waals surface area contributed by atoms with Crippen molar-refractivity contribution in [3.8, 4) is 0 Å². The van der Waals surface area contributed by atoms with Crippen molar-refractivity contribution in [3.05, 3.63) is 15.6 Å². The number of likely N-dealkylation sites (tertiary alicyclic amines) is 1. The molecular weight excluding hydrogens is 282 g/mol. The molecule has 1 aliphatic carbocycles. The third-order valence-corrected chi connectivity index (χ3v) is 6.07. The van der Waals surface area contributed by atoms with Crippen LogP contribution in [0.25, 0.3) is 0 Å². The minimum Gasteiger partial charge on any atom is -0.383 e. The quantitative estimate of drug-likeness (QED) is 0.846. The van der Waals surface area contributed by atoms with Gasteiger partial charge in [-0.25, -0.2) is 4.98 Å². The van der Waals surface area contributed by atoms with E-state index in [1.165, 1.54) is 60.6 Å². The number of likely N-dealkylation sites (N-methyl/N-ethyl adjacent to an activating group) is 1. The molecule has 1 fully saturated rings. The molecule has 2 aliphatic rings. The van der Waals surface area contributed by atoms with E-state index in [1.807, 2.05) is 11.3 Å². The summed E-state index contributed by atoms with van der Waals surface area (Å²) in [7, 11) is 3.99. The number of hydrogen-bond acceptors (Lipinski definition) is 5. The van der Waals surface area contributed by atoms with Crippen molar-refractivity contribution >= 4 is 11.3 Å². The van der Waals surface area contributed by atoms with Gasteiger partial charge in [-0.05, 0) is 52.1 Å². The Balaban J connectivity index is 1.85. The van der Waals surface area contributed by atoms with Crippen molar-refractivity contribution in [2.75, 3.05) is 40.4 Å². The summed E-state index contributed by atoms with van der Waals surface area (Å²) in [6.45, 7) is 3.91. The summed E-state index contributed by atoms with van der Waals surface area (Å²) in [5.74, 6) is 0. The van der Waals surface area contributed by atoms with Crippen molar-refractivity contribution < 1.29 is 4.74 Å². The van der Waals surface area contributed by atoms with Gasteiger partial charge in [0, 0.05) is 25.1 Å². The van der Waals surface area contributed by atoms with Gasteiger partial charge in [-0.15, -0.1) is 11.3 Å². The molecule has 0 amide bonds. The molecule has 1 unspecified atom stereocenters. The van der Waals surface area contributed by atoms with Gasteiger partial charge in [0.1, 0.15) is 5.01 Å². The largest absolute Gasteiger partial charge is 0.383 e. The number of nitrogens with zero attached hydrogens (tertiary/aromatic N) is 2. The smallest absolute Gasteiger partial charge is 0.115 e. The van der Waals surface area contributed by atoms with Crippen molar-refractivity contribution in [2.45, 2.75) is 44.1 Å². The van der Waals surface area contributed by atoms with E-state index in [9.17, 15) is 0 Å². The fourth-order valence-electron chi connectivity index (χ4n) is 3.61. The molecule has 1 saturated heterocycles. The zero-order valence-electron chi connectivity index (χ0n) is 13.3. The summed E-state index contributed by atoms with van der Waals surface area (Å²) in [5, 5.41) is 5.09. The lowest BCUT2D eigenvalue weighted by molar-refractivity contribution is 0.125. The van der Waals surface area contributed by atoms with Crippen LogP contribution >= 0.6 is 11.3 Å². The number of thiazole rings is 1. The molecule has 1 aromatic heterocycles. The van der Waals surface area contributed by atoms with Crippen LogP contribution in [0.2, 0.25) is 0 Å². The van der Waals surface area contributed by atoms with Gasteiger partial charge in [-0.1, -0.05) is 0 Å². The molecule has 0 saturated carbocycles. The Kier molecular flexibility index (Phi) is 4.94. The molecule has 5 heteroatoms. The Bertz CT molecular complexity index is 453. The average Bonchev–Trinajstić information content (AvgIpc) is 2.92. The number of rotatable bonds is 5. The van der Waals surface area contributed by atoms with Crippen molar-refractivity contribution in [1.29, 1.82) is 0 Å². The first-order chi connectivity index (χ1) is 10.2. The van der Waals surface area contributed by atoms with Gasteiger partial charge in [0.2, 0.25) is 0 Å². The SMILES string of the molecule is COCCNC1(c2nc3c(s2)CCCC3)CCCN(C)C1. The molecule has 0 radical (unpaired) electrons. The number of aromatic nitrogens is 1. The molecule has 3 rings (SSSR count). The van der Waals surface area contributed by atoms with Crippen LogP contribution in [0.5, 0.6) is 0 Å². The van der Waals surface area contributed by atoms with Gasteiger partial charge in [-0.3, -0.25) is 0 Å². The van der Waals surface area contributed by atoms with Gasteiger partial charge in [0.15, 0.2) is 0 Å². The molecule has 1 aromatic rings. The summed E-state index contributed by atoms with van der Waals surface area (Å²) >= 11 is 1.96. The fraction of sp³-hybridized carbons (Fsp3) is 0.812. The van der Waals surface area contributed by atoms with Crippen LogP contribution in [0, 0.1) is 0 Å². The number of fused-ring (bicyclic) bond motifs is 1. The summed E-state index contributed by atoms with van der Waals surface area (Å²) < 4.78 is 5.23. The van der Waals surface area contributed by atoms with E-state index in [2.05, 4.69) is 17.3 Å². The molecular formula is C16H27N3OS.